The number of halogens is 2. The lowest BCUT2D eigenvalue weighted by molar-refractivity contribution is -0.219. The first-order chi connectivity index (χ1) is 25.0. The lowest BCUT2D eigenvalue weighted by atomic mass is 9.44. The number of rotatable bonds is 25. The van der Waals surface area contributed by atoms with Crippen LogP contribution in [0.15, 0.2) is 23.8 Å². The van der Waals surface area contributed by atoms with Crippen molar-refractivity contribution in [2.75, 3.05) is 91.7 Å². The van der Waals surface area contributed by atoms with Gasteiger partial charge in [-0.15, -0.1) is 11.6 Å². The van der Waals surface area contributed by atoms with Crippen LogP contribution in [0.4, 0.5) is 4.39 Å². The van der Waals surface area contributed by atoms with Crippen LogP contribution < -0.4 is 5.32 Å². The molecule has 52 heavy (non-hydrogen) atoms. The smallest absolute Gasteiger partial charge is 0.252 e. The van der Waals surface area contributed by atoms with E-state index in [9.17, 15) is 19.8 Å². The molecule has 3 fully saturated rings. The van der Waals surface area contributed by atoms with E-state index in [1.807, 2.05) is 13.8 Å². The van der Waals surface area contributed by atoms with E-state index in [1.165, 1.54) is 12.2 Å². The summed E-state index contributed by atoms with van der Waals surface area (Å²) in [4.78, 5) is 25.7. The zero-order valence-electron chi connectivity index (χ0n) is 31.5. The number of allylic oxidation sites excluding steroid dienone is 4. The average molecular weight is 760 g/mol. The van der Waals surface area contributed by atoms with Gasteiger partial charge in [-0.1, -0.05) is 38.3 Å². The van der Waals surface area contributed by atoms with Gasteiger partial charge in [0.25, 0.3) is 5.91 Å². The molecule has 2 unspecified atom stereocenters. The van der Waals surface area contributed by atoms with Gasteiger partial charge in [-0.3, -0.25) is 9.59 Å². The lowest BCUT2D eigenvalue weighted by Gasteiger charge is -2.62. The Balaban J connectivity index is 1.03. The fourth-order valence-corrected chi connectivity index (χ4v) is 9.44. The number of amides is 1. The van der Waals surface area contributed by atoms with Crippen molar-refractivity contribution in [2.45, 2.75) is 89.5 Å². The van der Waals surface area contributed by atoms with Crippen molar-refractivity contribution in [1.29, 1.82) is 0 Å². The first kappa shape index (κ1) is 43.3. The largest absolute Gasteiger partial charge is 0.390 e. The lowest BCUT2D eigenvalue weighted by Crippen LogP contribution is -2.70. The first-order valence-electron chi connectivity index (χ1n) is 19.3. The Morgan fingerprint density at radius 2 is 1.40 bits per heavy atom. The van der Waals surface area contributed by atoms with E-state index < -0.39 is 45.9 Å². The zero-order valence-corrected chi connectivity index (χ0v) is 32.3. The summed E-state index contributed by atoms with van der Waals surface area (Å²) in [6.07, 6.45) is 8.90. The van der Waals surface area contributed by atoms with Crippen molar-refractivity contribution in [2.24, 2.45) is 28.6 Å². The van der Waals surface area contributed by atoms with Crippen LogP contribution in [0, 0.1) is 28.6 Å². The highest BCUT2D eigenvalue weighted by Crippen LogP contribution is 2.70. The van der Waals surface area contributed by atoms with Crippen LogP contribution in [0.3, 0.4) is 0 Å². The summed E-state index contributed by atoms with van der Waals surface area (Å²) in [6.45, 7) is 11.2. The molecule has 1 amide bonds. The van der Waals surface area contributed by atoms with E-state index in [1.54, 1.807) is 13.0 Å². The molecule has 0 aromatic carbocycles. The van der Waals surface area contributed by atoms with Crippen molar-refractivity contribution < 1.29 is 52.6 Å². The summed E-state index contributed by atoms with van der Waals surface area (Å²) >= 11 is 5.66. The van der Waals surface area contributed by atoms with E-state index in [-0.39, 0.29) is 31.3 Å². The van der Waals surface area contributed by atoms with Crippen molar-refractivity contribution in [3.63, 3.8) is 0 Å². The topological polar surface area (TPSA) is 142 Å². The van der Waals surface area contributed by atoms with Crippen LogP contribution in [-0.4, -0.2) is 131 Å². The zero-order chi connectivity index (χ0) is 37.7. The maximum atomic E-state index is 17.3. The number of aliphatic hydroxyl groups excluding tert-OH is 1. The molecule has 3 saturated carbocycles. The third-order valence-corrected chi connectivity index (χ3v) is 12.4. The van der Waals surface area contributed by atoms with E-state index in [2.05, 4.69) is 5.32 Å². The van der Waals surface area contributed by atoms with Crippen molar-refractivity contribution >= 4 is 23.3 Å². The van der Waals surface area contributed by atoms with Gasteiger partial charge in [0.1, 0.15) is 0 Å². The summed E-state index contributed by atoms with van der Waals surface area (Å²) in [5.41, 5.74) is -5.23. The molecule has 0 radical (unpaired) electrons. The highest BCUT2D eigenvalue weighted by atomic mass is 35.5. The number of hydrogen-bond donors (Lipinski definition) is 3. The molecule has 0 saturated heterocycles. The molecule has 4 aliphatic carbocycles. The molecule has 0 spiro atoms. The second kappa shape index (κ2) is 20.4. The van der Waals surface area contributed by atoms with Crippen LogP contribution in [0.2, 0.25) is 0 Å². The van der Waals surface area contributed by atoms with Crippen molar-refractivity contribution in [1.82, 2.24) is 5.32 Å². The minimum Gasteiger partial charge on any atom is -0.390 e. The monoisotopic (exact) mass is 759 g/mol. The Kier molecular flexibility index (Phi) is 17.0. The molecular formula is C39H63ClFNO10. The Morgan fingerprint density at radius 1 is 0.865 bits per heavy atom. The van der Waals surface area contributed by atoms with Crippen LogP contribution >= 0.6 is 11.6 Å². The van der Waals surface area contributed by atoms with E-state index >= 15 is 4.39 Å². The molecule has 11 nitrogen and oxygen atoms in total. The third kappa shape index (κ3) is 9.66. The fraction of sp³-hybridized carbons (Fsp3) is 0.846. The highest BCUT2D eigenvalue weighted by molar-refractivity contribution is 6.17. The van der Waals surface area contributed by atoms with Crippen molar-refractivity contribution in [3.8, 4) is 0 Å². The van der Waals surface area contributed by atoms with E-state index in [0.717, 1.165) is 38.2 Å². The highest BCUT2D eigenvalue weighted by Gasteiger charge is 2.75. The maximum Gasteiger partial charge on any atom is 0.252 e. The quantitative estimate of drug-likeness (QED) is 0.0909. The number of nitrogens with one attached hydrogen (secondary N) is 1. The van der Waals surface area contributed by atoms with Gasteiger partial charge in [-0.25, -0.2) is 4.39 Å². The average Bonchev–Trinajstić information content (AvgIpc) is 3.32. The van der Waals surface area contributed by atoms with Crippen LogP contribution in [0.1, 0.15) is 72.1 Å². The number of aliphatic hydroxyl groups is 2. The van der Waals surface area contributed by atoms with Crippen LogP contribution in [0.5, 0.6) is 0 Å². The predicted octanol–water partition coefficient (Wildman–Crippen LogP) is 4.35. The molecule has 0 aliphatic heterocycles. The van der Waals surface area contributed by atoms with Gasteiger partial charge in [0.15, 0.2) is 17.1 Å². The van der Waals surface area contributed by atoms with Gasteiger partial charge in [-0.2, -0.15) is 0 Å². The normalized spacial score (nSPS) is 33.8. The Morgan fingerprint density at radius 3 is 1.98 bits per heavy atom. The molecule has 8 atom stereocenters. The first-order valence-corrected chi connectivity index (χ1v) is 19.8. The number of unbranched alkanes of at least 4 members (excludes halogenated alkanes) is 3. The van der Waals surface area contributed by atoms with Gasteiger partial charge < -0.3 is 44.0 Å². The molecule has 3 N–H and O–H groups in total. The third-order valence-electron chi connectivity index (χ3n) is 12.1. The second-order valence-electron chi connectivity index (χ2n) is 15.2. The molecule has 4 rings (SSSR count). The number of carbonyl (C=O) groups is 2. The molecule has 0 aromatic rings. The van der Waals surface area contributed by atoms with E-state index in [0.29, 0.717) is 90.9 Å². The van der Waals surface area contributed by atoms with Crippen LogP contribution in [-0.2, 0) is 38.0 Å². The fourth-order valence-electron chi connectivity index (χ4n) is 9.26. The molecule has 4 aliphatic rings. The summed E-state index contributed by atoms with van der Waals surface area (Å²) < 4.78 is 50.5. The number of ether oxygens (including phenoxy) is 6. The summed E-state index contributed by atoms with van der Waals surface area (Å²) in [5, 5.41) is 26.4. The van der Waals surface area contributed by atoms with Gasteiger partial charge >= 0.3 is 0 Å². The summed E-state index contributed by atoms with van der Waals surface area (Å²) in [7, 11) is 0. The number of hydrogen-bond acceptors (Lipinski definition) is 10. The Bertz CT molecular complexity index is 1210. The predicted molar refractivity (Wildman–Crippen MR) is 195 cm³/mol. The molecular weight excluding hydrogens is 697 g/mol. The van der Waals surface area contributed by atoms with Gasteiger partial charge in [0.05, 0.1) is 78.8 Å². The summed E-state index contributed by atoms with van der Waals surface area (Å²) in [6, 6.07) is 0. The minimum atomic E-state index is -2.01. The second-order valence-corrected chi connectivity index (χ2v) is 15.6. The standard InChI is InChI=1S/C39H63ClFNO10/c1-29-26-33-32-9-8-30-27-31(43)10-11-36(30,2)38(32,41)34(44)28-37(33,3)39(29,46)35(45)42-13-15-48-17-19-50-21-23-52-25-24-51-22-20-49-18-16-47-14-7-5-4-6-12-40/h10-11,27,29,32-34,44,46H,4-9,12-26,28H2,1-3H3,(H,42,45)/t29-,32?,33?,34+,36+,37+,38+,39+/m1/s1. The van der Waals surface area contributed by atoms with Gasteiger partial charge in [0.2, 0.25) is 0 Å². The van der Waals surface area contributed by atoms with Gasteiger partial charge in [-0.05, 0) is 69.4 Å². The SMILES string of the molecule is C[C@@H]1CC2C3CCC4=CC(=O)C=C[C@]4(C)[C@@]3(F)[C@@H](O)C[C@]2(C)[C@@]1(O)C(=O)NCCOCCOCCOCCOCCOCCOCCCCCCCl. The molecule has 13 heteroatoms. The number of alkyl halides is 2. The number of carbonyl (C=O) groups excluding carboxylic acids is 2. The molecule has 0 heterocycles. The van der Waals surface area contributed by atoms with E-state index in [4.69, 9.17) is 40.0 Å². The Hall–Kier alpha value is -1.48. The number of fused-ring (bicyclic) bond motifs is 5. The molecule has 0 bridgehead atoms. The molecule has 0 aromatic heterocycles. The Labute approximate surface area is 314 Å². The number of ketones is 1. The summed E-state index contributed by atoms with van der Waals surface area (Å²) in [5.74, 6) is -1.29. The minimum absolute atomic E-state index is 0.0591. The van der Waals surface area contributed by atoms with Gasteiger partial charge in [0, 0.05) is 35.8 Å². The van der Waals surface area contributed by atoms with Crippen molar-refractivity contribution in [3.05, 3.63) is 23.8 Å². The molecule has 298 valence electrons. The van der Waals surface area contributed by atoms with Crippen LogP contribution in [0.25, 0.3) is 0 Å². The maximum absolute atomic E-state index is 17.3.